The number of ether oxygens (including phenoxy) is 3. The number of benzene rings is 1. The molecule has 1 N–H and O–H groups in total. The average Bonchev–Trinajstić information content (AvgIpc) is 3.19. The van der Waals surface area contributed by atoms with Crippen molar-refractivity contribution >= 4 is 45.5 Å². The van der Waals surface area contributed by atoms with Crippen LogP contribution in [0.4, 0.5) is 5.69 Å². The Bertz CT molecular complexity index is 922. The Labute approximate surface area is 182 Å². The zero-order valence-corrected chi connectivity index (χ0v) is 18.3. The van der Waals surface area contributed by atoms with E-state index in [1.807, 2.05) is 12.1 Å². The van der Waals surface area contributed by atoms with E-state index < -0.39 is 18.0 Å². The number of carbonyl (C=O) groups excluding carboxylic acids is 3. The minimum Gasteiger partial charge on any atom is -0.496 e. The number of rotatable bonds is 9. The molecule has 1 amide bonds. The number of hydrogen-bond donors (Lipinski definition) is 1. The van der Waals surface area contributed by atoms with Gasteiger partial charge in [-0.05, 0) is 24.3 Å². The summed E-state index contributed by atoms with van der Waals surface area (Å²) in [6, 6.07) is 4.85. The Morgan fingerprint density at radius 3 is 2.43 bits per heavy atom. The van der Waals surface area contributed by atoms with Gasteiger partial charge in [-0.15, -0.1) is 0 Å². The highest BCUT2D eigenvalue weighted by Crippen LogP contribution is 2.24. The lowest BCUT2D eigenvalue weighted by atomic mass is 10.1. The van der Waals surface area contributed by atoms with Crippen LogP contribution in [0.2, 0.25) is 0 Å². The van der Waals surface area contributed by atoms with Gasteiger partial charge in [-0.2, -0.15) is 5.10 Å². The normalized spacial score (nSPS) is 10.8. The molecule has 0 radical (unpaired) electrons. The largest absolute Gasteiger partial charge is 0.496 e. The van der Waals surface area contributed by atoms with Gasteiger partial charge in [-0.3, -0.25) is 19.1 Å². The van der Waals surface area contributed by atoms with Crippen molar-refractivity contribution in [3.63, 3.8) is 0 Å². The highest BCUT2D eigenvalue weighted by Gasteiger charge is 2.21. The number of carbonyl (C=O) groups is 3. The number of esters is 2. The first-order chi connectivity index (χ1) is 14.4. The first-order valence-corrected chi connectivity index (χ1v) is 9.66. The maximum absolute atomic E-state index is 12.3. The second kappa shape index (κ2) is 11.1. The average molecular weight is 480 g/mol. The summed E-state index contributed by atoms with van der Waals surface area (Å²) in [6.07, 6.45) is 5.81. The summed E-state index contributed by atoms with van der Waals surface area (Å²) >= 11 is 3.38. The van der Waals surface area contributed by atoms with Gasteiger partial charge >= 0.3 is 11.9 Å². The topological polar surface area (TPSA) is 109 Å². The van der Waals surface area contributed by atoms with Gasteiger partial charge in [0.25, 0.3) is 0 Å². The molecular formula is C20H22BrN3O6. The van der Waals surface area contributed by atoms with E-state index in [1.165, 1.54) is 37.4 Å². The summed E-state index contributed by atoms with van der Waals surface area (Å²) in [7, 11) is 4.08. The van der Waals surface area contributed by atoms with Gasteiger partial charge in [0.15, 0.2) is 0 Å². The van der Waals surface area contributed by atoms with Crippen LogP contribution in [0.3, 0.4) is 0 Å². The van der Waals surface area contributed by atoms with Crippen LogP contribution >= 0.6 is 15.9 Å². The number of nitrogens with one attached hydrogen (secondary N) is 1. The summed E-state index contributed by atoms with van der Waals surface area (Å²) < 4.78 is 16.9. The Morgan fingerprint density at radius 2 is 1.83 bits per heavy atom. The fourth-order valence-electron chi connectivity index (χ4n) is 2.60. The van der Waals surface area contributed by atoms with Crippen LogP contribution in [0, 0.1) is 0 Å². The number of amides is 1. The Balaban J connectivity index is 2.09. The van der Waals surface area contributed by atoms with E-state index in [4.69, 9.17) is 4.74 Å². The van der Waals surface area contributed by atoms with Crippen LogP contribution < -0.4 is 10.1 Å². The van der Waals surface area contributed by atoms with Crippen LogP contribution in [0.15, 0.2) is 41.1 Å². The number of halogens is 1. The highest BCUT2D eigenvalue weighted by atomic mass is 79.9. The molecular weight excluding hydrogens is 458 g/mol. The minimum atomic E-state index is -0.600. The third-order valence-electron chi connectivity index (χ3n) is 4.11. The zero-order chi connectivity index (χ0) is 22.1. The summed E-state index contributed by atoms with van der Waals surface area (Å²) in [4.78, 5) is 35.5. The molecule has 0 aliphatic rings. The maximum atomic E-state index is 12.3. The molecule has 30 heavy (non-hydrogen) atoms. The fraction of sp³-hybridized carbons (Fsp3) is 0.300. The molecule has 1 aromatic heterocycles. The number of nitrogens with zero attached hydrogens (tertiary/aromatic N) is 2. The molecule has 2 rings (SSSR count). The maximum Gasteiger partial charge on any atom is 0.307 e. The Hall–Kier alpha value is -3.14. The molecule has 160 valence electrons. The van der Waals surface area contributed by atoms with Crippen molar-refractivity contribution in [1.82, 2.24) is 9.78 Å². The molecule has 0 aliphatic carbocycles. The van der Waals surface area contributed by atoms with Crippen LogP contribution in [0.25, 0.3) is 6.08 Å². The van der Waals surface area contributed by atoms with Gasteiger partial charge in [-0.1, -0.05) is 15.9 Å². The number of methoxy groups -OCH3 is 3. The first-order valence-electron chi connectivity index (χ1n) is 8.86. The van der Waals surface area contributed by atoms with Crippen LogP contribution in [0.5, 0.6) is 5.75 Å². The lowest BCUT2D eigenvalue weighted by Crippen LogP contribution is -2.19. The minimum absolute atomic E-state index is 0.0662. The van der Waals surface area contributed by atoms with Gasteiger partial charge < -0.3 is 19.5 Å². The molecule has 0 fully saturated rings. The Morgan fingerprint density at radius 1 is 1.17 bits per heavy atom. The van der Waals surface area contributed by atoms with E-state index in [0.29, 0.717) is 11.4 Å². The number of anilines is 1. The molecule has 0 unspecified atom stereocenters. The highest BCUT2D eigenvalue weighted by molar-refractivity contribution is 9.10. The molecule has 9 nitrogen and oxygen atoms in total. The molecule has 0 saturated heterocycles. The number of hydrogen-bond acceptors (Lipinski definition) is 7. The zero-order valence-electron chi connectivity index (χ0n) is 16.8. The van der Waals surface area contributed by atoms with Gasteiger partial charge in [0.1, 0.15) is 5.75 Å². The molecule has 0 spiro atoms. The van der Waals surface area contributed by atoms with Gasteiger partial charge in [0.2, 0.25) is 5.91 Å². The van der Waals surface area contributed by atoms with Crippen molar-refractivity contribution in [3.05, 3.63) is 46.7 Å². The molecule has 0 atom stereocenters. The predicted molar refractivity (Wildman–Crippen MR) is 113 cm³/mol. The van der Waals surface area contributed by atoms with E-state index in [2.05, 4.69) is 35.8 Å². The SMILES string of the molecule is COC(=O)CC(CC(=O)OC)n1cc(NC(=O)C=Cc2cc(Br)ccc2OC)cn1. The van der Waals surface area contributed by atoms with Crippen molar-refractivity contribution in [2.24, 2.45) is 0 Å². The molecule has 0 bridgehead atoms. The molecule has 1 heterocycles. The summed E-state index contributed by atoms with van der Waals surface area (Å²) in [5.74, 6) is -0.732. The van der Waals surface area contributed by atoms with Crippen LogP contribution in [-0.2, 0) is 23.9 Å². The van der Waals surface area contributed by atoms with Crippen LogP contribution in [0.1, 0.15) is 24.4 Å². The van der Waals surface area contributed by atoms with Crippen molar-refractivity contribution < 1.29 is 28.6 Å². The van der Waals surface area contributed by atoms with Crippen LogP contribution in [-0.4, -0.2) is 49.0 Å². The van der Waals surface area contributed by atoms with E-state index >= 15 is 0 Å². The van der Waals surface area contributed by atoms with E-state index in [1.54, 1.807) is 19.3 Å². The van der Waals surface area contributed by atoms with Gasteiger partial charge in [0, 0.05) is 22.3 Å². The van der Waals surface area contributed by atoms with Crippen molar-refractivity contribution in [2.45, 2.75) is 18.9 Å². The molecule has 0 saturated carbocycles. The quantitative estimate of drug-likeness (QED) is 0.434. The summed E-state index contributed by atoms with van der Waals surface area (Å²) in [5, 5.41) is 6.82. The van der Waals surface area contributed by atoms with Gasteiger partial charge in [0.05, 0.1) is 52.1 Å². The molecule has 0 aliphatic heterocycles. The van der Waals surface area contributed by atoms with Crippen molar-refractivity contribution in [2.75, 3.05) is 26.6 Å². The smallest absolute Gasteiger partial charge is 0.307 e. The first kappa shape index (κ1) is 23.1. The monoisotopic (exact) mass is 479 g/mol. The standard InChI is InChI=1S/C20H22BrN3O6/c1-28-17-6-5-14(21)8-13(17)4-7-18(25)23-15-11-22-24(12-15)16(9-19(26)29-2)10-20(27)30-3/h4-8,11-12,16H,9-10H2,1-3H3,(H,23,25). The van der Waals surface area contributed by atoms with E-state index in [-0.39, 0.29) is 18.7 Å². The van der Waals surface area contributed by atoms with Gasteiger partial charge in [-0.25, -0.2) is 0 Å². The second-order valence-electron chi connectivity index (χ2n) is 6.13. The molecule has 2 aromatic rings. The van der Waals surface area contributed by atoms with E-state index in [0.717, 1.165) is 10.0 Å². The third-order valence-corrected chi connectivity index (χ3v) is 4.60. The third kappa shape index (κ3) is 6.73. The fourth-order valence-corrected chi connectivity index (χ4v) is 2.98. The summed E-state index contributed by atoms with van der Waals surface area (Å²) in [6.45, 7) is 0. The molecule has 1 aromatic carbocycles. The van der Waals surface area contributed by atoms with E-state index in [9.17, 15) is 14.4 Å². The lowest BCUT2D eigenvalue weighted by Gasteiger charge is -2.15. The Kier molecular flexibility index (Phi) is 8.60. The summed E-state index contributed by atoms with van der Waals surface area (Å²) in [5.41, 5.74) is 1.14. The van der Waals surface area contributed by atoms with Crippen molar-refractivity contribution in [3.8, 4) is 5.75 Å². The van der Waals surface area contributed by atoms with Crippen molar-refractivity contribution in [1.29, 1.82) is 0 Å². The molecule has 10 heteroatoms. The predicted octanol–water partition coefficient (Wildman–Crippen LogP) is 2.97. The second-order valence-corrected chi connectivity index (χ2v) is 7.05. The number of aromatic nitrogens is 2. The lowest BCUT2D eigenvalue weighted by molar-refractivity contribution is -0.144.